The van der Waals surface area contributed by atoms with E-state index in [0.29, 0.717) is 41.4 Å². The van der Waals surface area contributed by atoms with E-state index in [9.17, 15) is 14.7 Å². The van der Waals surface area contributed by atoms with Crippen LogP contribution in [-0.2, 0) is 0 Å². The topological polar surface area (TPSA) is 72.8 Å². The highest BCUT2D eigenvalue weighted by atomic mass is 16.5. The Morgan fingerprint density at radius 2 is 1.97 bits per heavy atom. The Labute approximate surface area is 170 Å². The van der Waals surface area contributed by atoms with Gasteiger partial charge in [0.25, 0.3) is 0 Å². The number of rotatable bonds is 8. The highest BCUT2D eigenvalue weighted by Crippen LogP contribution is 2.46. The first-order valence-corrected chi connectivity index (χ1v) is 10.2. The zero-order valence-corrected chi connectivity index (χ0v) is 16.8. The molecule has 2 atom stereocenters. The summed E-state index contributed by atoms with van der Waals surface area (Å²) in [5.74, 6) is 1.40. The molecule has 2 aromatic carbocycles. The lowest BCUT2D eigenvalue weighted by Gasteiger charge is -2.18. The Morgan fingerprint density at radius 1 is 1.17 bits per heavy atom. The van der Waals surface area contributed by atoms with Gasteiger partial charge in [0.2, 0.25) is 0 Å². The van der Waals surface area contributed by atoms with Gasteiger partial charge in [-0.2, -0.15) is 0 Å². The van der Waals surface area contributed by atoms with Crippen LogP contribution >= 0.6 is 0 Å². The molecule has 0 saturated heterocycles. The van der Waals surface area contributed by atoms with Crippen LogP contribution < -0.4 is 9.47 Å². The maximum absolute atomic E-state index is 12.8. The Balaban J connectivity index is 1.83. The summed E-state index contributed by atoms with van der Waals surface area (Å²) in [5.41, 5.74) is 2.70. The van der Waals surface area contributed by atoms with Crippen LogP contribution in [0.2, 0.25) is 0 Å². The monoisotopic (exact) mass is 394 g/mol. The van der Waals surface area contributed by atoms with Gasteiger partial charge >= 0.3 is 0 Å². The molecule has 0 radical (unpaired) electrons. The van der Waals surface area contributed by atoms with Gasteiger partial charge in [-0.15, -0.1) is 0 Å². The van der Waals surface area contributed by atoms with Crippen molar-refractivity contribution in [3.8, 4) is 11.5 Å². The Bertz CT molecular complexity index is 944. The number of hydrogen-bond acceptors (Lipinski definition) is 5. The van der Waals surface area contributed by atoms with Gasteiger partial charge in [-0.05, 0) is 48.6 Å². The van der Waals surface area contributed by atoms with E-state index in [0.717, 1.165) is 24.0 Å². The van der Waals surface area contributed by atoms with Crippen LogP contribution in [0.4, 0.5) is 0 Å². The molecule has 5 nitrogen and oxygen atoms in total. The molecular weight excluding hydrogens is 368 g/mol. The zero-order chi connectivity index (χ0) is 20.5. The third kappa shape index (κ3) is 3.79. The maximum Gasteiger partial charge on any atom is 0.166 e. The number of aliphatic hydroxyl groups is 1. The van der Waals surface area contributed by atoms with Gasteiger partial charge in [-0.1, -0.05) is 19.1 Å². The standard InChI is InChI=1S/C24H26O5/c1-3-20(26)18-11-16(21(27)9-14-7-8-14)12-19-23(22(13-25)29-24(18)19)15-5-4-6-17(10-15)28-2/h4-6,10-12,14,22-23,25H,3,7-9,13H2,1-2H3/t22-,23+/m1/s1. The maximum atomic E-state index is 12.8. The number of Topliss-reactive ketones (excluding diaryl/α,β-unsaturated/α-hetero) is 2. The normalized spacial score (nSPS) is 20.1. The fraction of sp³-hybridized carbons (Fsp3) is 0.417. The second-order valence-electron chi connectivity index (χ2n) is 7.88. The van der Waals surface area contributed by atoms with Crippen molar-refractivity contribution in [3.63, 3.8) is 0 Å². The first kappa shape index (κ1) is 19.6. The van der Waals surface area contributed by atoms with Gasteiger partial charge in [-0.25, -0.2) is 0 Å². The molecule has 152 valence electrons. The van der Waals surface area contributed by atoms with E-state index in [4.69, 9.17) is 9.47 Å². The molecule has 1 N–H and O–H groups in total. The lowest BCUT2D eigenvalue weighted by Crippen LogP contribution is -2.24. The molecular formula is C24H26O5. The van der Waals surface area contributed by atoms with Crippen molar-refractivity contribution in [2.75, 3.05) is 13.7 Å². The lowest BCUT2D eigenvalue weighted by molar-refractivity contribution is 0.0971. The Kier molecular flexibility index (Phi) is 5.41. The molecule has 1 aliphatic heterocycles. The van der Waals surface area contributed by atoms with Gasteiger partial charge in [0.05, 0.1) is 25.2 Å². The molecule has 2 aliphatic rings. The minimum absolute atomic E-state index is 0.0645. The van der Waals surface area contributed by atoms with Gasteiger partial charge in [0.15, 0.2) is 11.6 Å². The van der Waals surface area contributed by atoms with Gasteiger partial charge < -0.3 is 14.6 Å². The first-order chi connectivity index (χ1) is 14.0. The third-order valence-corrected chi connectivity index (χ3v) is 5.84. The van der Waals surface area contributed by atoms with Crippen LogP contribution in [0.5, 0.6) is 11.5 Å². The van der Waals surface area contributed by atoms with Crippen molar-refractivity contribution in [3.05, 3.63) is 58.7 Å². The van der Waals surface area contributed by atoms with Crippen LogP contribution in [0, 0.1) is 5.92 Å². The van der Waals surface area contributed by atoms with Gasteiger partial charge in [0, 0.05) is 24.0 Å². The van der Waals surface area contributed by atoms with E-state index < -0.39 is 6.10 Å². The fourth-order valence-corrected chi connectivity index (χ4v) is 4.07. The molecule has 0 amide bonds. The summed E-state index contributed by atoms with van der Waals surface area (Å²) in [6.07, 6.45) is 2.52. The summed E-state index contributed by atoms with van der Waals surface area (Å²) < 4.78 is 11.4. The zero-order valence-electron chi connectivity index (χ0n) is 16.8. The van der Waals surface area contributed by atoms with E-state index >= 15 is 0 Å². The van der Waals surface area contributed by atoms with E-state index in [2.05, 4.69) is 0 Å². The van der Waals surface area contributed by atoms with Crippen molar-refractivity contribution < 1.29 is 24.2 Å². The lowest BCUT2D eigenvalue weighted by atomic mass is 9.85. The smallest absolute Gasteiger partial charge is 0.166 e. The van der Waals surface area contributed by atoms with Crippen molar-refractivity contribution in [1.82, 2.24) is 0 Å². The quantitative estimate of drug-likeness (QED) is 0.681. The van der Waals surface area contributed by atoms with Crippen LogP contribution in [-0.4, -0.2) is 36.5 Å². The Morgan fingerprint density at radius 3 is 2.62 bits per heavy atom. The van der Waals surface area contributed by atoms with Crippen molar-refractivity contribution in [2.24, 2.45) is 5.92 Å². The number of ether oxygens (including phenoxy) is 2. The van der Waals surface area contributed by atoms with Crippen LogP contribution in [0.25, 0.3) is 0 Å². The summed E-state index contributed by atoms with van der Waals surface area (Å²) in [6, 6.07) is 11.1. The van der Waals surface area contributed by atoms with Crippen molar-refractivity contribution in [2.45, 2.75) is 44.6 Å². The molecule has 5 heteroatoms. The predicted molar refractivity (Wildman–Crippen MR) is 109 cm³/mol. The van der Waals surface area contributed by atoms with Crippen molar-refractivity contribution >= 4 is 11.6 Å². The minimum atomic E-state index is -0.519. The number of carbonyl (C=O) groups is 2. The summed E-state index contributed by atoms with van der Waals surface area (Å²) >= 11 is 0. The molecule has 29 heavy (non-hydrogen) atoms. The first-order valence-electron chi connectivity index (χ1n) is 10.2. The van der Waals surface area contributed by atoms with Crippen LogP contribution in [0.1, 0.15) is 70.4 Å². The molecule has 4 rings (SSSR count). The van der Waals surface area contributed by atoms with Crippen molar-refractivity contribution in [1.29, 1.82) is 0 Å². The van der Waals surface area contributed by atoms with Gasteiger partial charge in [0.1, 0.15) is 17.6 Å². The summed E-state index contributed by atoms with van der Waals surface area (Å²) in [4.78, 5) is 25.5. The molecule has 2 aromatic rings. The summed E-state index contributed by atoms with van der Waals surface area (Å²) in [6.45, 7) is 1.60. The number of aliphatic hydroxyl groups excluding tert-OH is 1. The Hall–Kier alpha value is -2.66. The highest BCUT2D eigenvalue weighted by Gasteiger charge is 2.39. The average Bonchev–Trinajstić information content (AvgIpc) is 3.48. The van der Waals surface area contributed by atoms with E-state index in [1.165, 1.54) is 0 Å². The van der Waals surface area contributed by atoms with E-state index in [1.807, 2.05) is 30.3 Å². The highest BCUT2D eigenvalue weighted by molar-refractivity contribution is 6.04. The predicted octanol–water partition coefficient (Wildman–Crippen LogP) is 4.16. The SMILES string of the molecule is CCC(=O)c1cc(C(=O)CC2CC2)cc2c1O[C@H](CO)[C@H]2c1cccc(OC)c1. The molecule has 0 unspecified atom stereocenters. The molecule has 0 aromatic heterocycles. The summed E-state index contributed by atoms with van der Waals surface area (Å²) in [7, 11) is 1.61. The van der Waals surface area contributed by atoms with E-state index in [-0.39, 0.29) is 24.1 Å². The third-order valence-electron chi connectivity index (χ3n) is 5.84. The molecule has 1 fully saturated rings. The van der Waals surface area contributed by atoms with Crippen LogP contribution in [0.15, 0.2) is 36.4 Å². The second-order valence-corrected chi connectivity index (χ2v) is 7.88. The molecule has 1 heterocycles. The largest absolute Gasteiger partial charge is 0.497 e. The number of ketones is 2. The van der Waals surface area contributed by atoms with E-state index in [1.54, 1.807) is 20.1 Å². The number of carbonyl (C=O) groups excluding carboxylic acids is 2. The number of methoxy groups -OCH3 is 1. The molecule has 0 bridgehead atoms. The average molecular weight is 394 g/mol. The fourth-order valence-electron chi connectivity index (χ4n) is 4.07. The molecule has 1 aliphatic carbocycles. The number of hydrogen-bond donors (Lipinski definition) is 1. The second kappa shape index (κ2) is 7.99. The van der Waals surface area contributed by atoms with Gasteiger partial charge in [-0.3, -0.25) is 9.59 Å². The number of fused-ring (bicyclic) bond motifs is 1. The minimum Gasteiger partial charge on any atom is -0.497 e. The molecule has 1 saturated carbocycles. The number of benzene rings is 2. The summed E-state index contributed by atoms with van der Waals surface area (Å²) in [5, 5.41) is 9.98. The van der Waals surface area contributed by atoms with Crippen LogP contribution in [0.3, 0.4) is 0 Å². The molecule has 0 spiro atoms.